The Labute approximate surface area is 304 Å². The number of ether oxygens (including phenoxy) is 7. The van der Waals surface area contributed by atoms with Gasteiger partial charge in [0.05, 0.1) is 47.6 Å². The molecule has 0 aromatic carbocycles. The van der Waals surface area contributed by atoms with Crippen LogP contribution < -0.4 is 0 Å². The van der Waals surface area contributed by atoms with Gasteiger partial charge in [-0.1, -0.05) is 20.8 Å². The van der Waals surface area contributed by atoms with Gasteiger partial charge in [-0.25, -0.2) is 0 Å². The van der Waals surface area contributed by atoms with Crippen LogP contribution in [-0.4, -0.2) is 150 Å². The van der Waals surface area contributed by atoms with Crippen molar-refractivity contribution in [1.29, 1.82) is 0 Å². The topological polar surface area (TPSA) is 183 Å². The Morgan fingerprint density at radius 2 is 1.39 bits per heavy atom. The molecule has 0 bridgehead atoms. The lowest BCUT2D eigenvalue weighted by Gasteiger charge is -2.49. The van der Waals surface area contributed by atoms with Gasteiger partial charge in [0.1, 0.15) is 29.7 Å². The normalized spacial score (nSPS) is 49.7. The molecule has 3 aliphatic rings. The summed E-state index contributed by atoms with van der Waals surface area (Å²) in [5, 5.41) is 45.2. The van der Waals surface area contributed by atoms with Crippen molar-refractivity contribution in [1.82, 2.24) is 4.90 Å². The van der Waals surface area contributed by atoms with Crippen LogP contribution in [0.2, 0.25) is 0 Å². The smallest absolute Gasteiger partial charge is 0.311 e. The number of nitrogens with zero attached hydrogens (tertiary/aromatic N) is 1. The second-order valence-corrected chi connectivity index (χ2v) is 16.4. The highest BCUT2D eigenvalue weighted by molar-refractivity contribution is 5.83. The number of Topliss-reactive ketones (excluding diaryl/α,β-unsaturated/α-hetero) is 1. The monoisotopic (exact) mass is 733 g/mol. The lowest BCUT2D eigenvalue weighted by atomic mass is 9.74. The van der Waals surface area contributed by atoms with Crippen LogP contribution in [-0.2, 0) is 42.7 Å². The lowest BCUT2D eigenvalue weighted by Crippen LogP contribution is -2.61. The third kappa shape index (κ3) is 9.33. The maximum atomic E-state index is 14.0. The van der Waals surface area contributed by atoms with Gasteiger partial charge in [-0.15, -0.1) is 0 Å². The molecule has 51 heavy (non-hydrogen) atoms. The number of methoxy groups -OCH3 is 2. The zero-order valence-corrected chi connectivity index (χ0v) is 33.2. The third-order valence-electron chi connectivity index (χ3n) is 12.1. The van der Waals surface area contributed by atoms with Crippen molar-refractivity contribution in [2.24, 2.45) is 23.7 Å². The average molecular weight is 734 g/mol. The van der Waals surface area contributed by atoms with Crippen molar-refractivity contribution in [3.05, 3.63) is 0 Å². The van der Waals surface area contributed by atoms with Crippen LogP contribution in [0, 0.1) is 23.7 Å². The predicted octanol–water partition coefficient (Wildman–Crippen LogP) is 2.05. The fourth-order valence-electron chi connectivity index (χ4n) is 8.17. The molecule has 3 saturated heterocycles. The third-order valence-corrected chi connectivity index (χ3v) is 12.1. The fraction of sp³-hybridized carbons (Fsp3) is 0.946. The van der Waals surface area contributed by atoms with E-state index >= 15 is 0 Å². The number of aliphatic hydroxyl groups is 4. The van der Waals surface area contributed by atoms with Crippen LogP contribution in [0.1, 0.15) is 88.5 Å². The molecule has 3 fully saturated rings. The summed E-state index contributed by atoms with van der Waals surface area (Å²) in [5.74, 6) is -4.50. The summed E-state index contributed by atoms with van der Waals surface area (Å²) in [6, 6.07) is -0.283. The summed E-state index contributed by atoms with van der Waals surface area (Å²) in [5.41, 5.74) is -4.25. The molecule has 0 aromatic heterocycles. The summed E-state index contributed by atoms with van der Waals surface area (Å²) in [6.07, 6.45) is -8.94. The van der Waals surface area contributed by atoms with Gasteiger partial charge in [-0.05, 0) is 75.4 Å². The van der Waals surface area contributed by atoms with E-state index < -0.39 is 102 Å². The van der Waals surface area contributed by atoms with E-state index in [0.29, 0.717) is 6.42 Å². The number of carbonyl (C=O) groups excluding carboxylic acids is 2. The summed E-state index contributed by atoms with van der Waals surface area (Å²) >= 11 is 0. The minimum atomic E-state index is -1.97. The number of hydrogen-bond donors (Lipinski definition) is 4. The fourth-order valence-corrected chi connectivity index (χ4v) is 8.17. The second-order valence-electron chi connectivity index (χ2n) is 16.4. The Bertz CT molecular complexity index is 1170. The molecule has 14 nitrogen and oxygen atoms in total. The van der Waals surface area contributed by atoms with Crippen LogP contribution in [0.15, 0.2) is 0 Å². The highest BCUT2D eigenvalue weighted by atomic mass is 16.7. The van der Waals surface area contributed by atoms with Crippen molar-refractivity contribution in [2.75, 3.05) is 28.3 Å². The van der Waals surface area contributed by atoms with Gasteiger partial charge in [0.25, 0.3) is 0 Å². The molecule has 0 saturated carbocycles. The number of esters is 1. The van der Waals surface area contributed by atoms with E-state index in [-0.39, 0.29) is 30.8 Å². The number of cyclic esters (lactones) is 1. The van der Waals surface area contributed by atoms with Crippen LogP contribution in [0.4, 0.5) is 0 Å². The molecule has 14 heteroatoms. The molecule has 0 aromatic rings. The standard InChI is InChI=1S/C37H67NO13/c1-18-16-36(9,46-14)32(51-34-28(40)25(38(11)12)15-19(2)47-34)21(4)29(50-26-17-35(8,45-13)31(42)23(6)48-26)22(5)33(43)49-24(7)37(10,44)30(41)20(3)27(18)39/h18-26,28-32,34,40-42,44H,15-17H2,1-14H3/t18-,19-,20+,21+,22-,23-,24-,25?,26-,28?,29+,30-,31?,32-,34+,35?,36-,37-/m1/s1. The number of hydrogen-bond acceptors (Lipinski definition) is 14. The summed E-state index contributed by atoms with van der Waals surface area (Å²) in [4.78, 5) is 29.8. The maximum Gasteiger partial charge on any atom is 0.311 e. The van der Waals surface area contributed by atoms with Gasteiger partial charge in [-0.3, -0.25) is 9.59 Å². The first kappa shape index (κ1) is 44.1. The maximum absolute atomic E-state index is 14.0. The average Bonchev–Trinajstić information content (AvgIpc) is 3.07. The molecule has 4 N–H and O–H groups in total. The van der Waals surface area contributed by atoms with Gasteiger partial charge in [0, 0.05) is 44.4 Å². The number of likely N-dealkylation sites (N-methyl/N-ethyl adjacent to an activating group) is 1. The molecule has 0 aliphatic carbocycles. The van der Waals surface area contributed by atoms with Gasteiger partial charge < -0.3 is 58.5 Å². The van der Waals surface area contributed by atoms with E-state index in [0.717, 1.165) is 0 Å². The van der Waals surface area contributed by atoms with Crippen molar-refractivity contribution in [3.8, 4) is 0 Å². The minimum Gasteiger partial charge on any atom is -0.459 e. The summed E-state index contributed by atoms with van der Waals surface area (Å²) in [6.45, 7) is 16.7. The zero-order valence-electron chi connectivity index (χ0n) is 33.2. The molecular formula is C37H67NO13. The van der Waals surface area contributed by atoms with E-state index in [1.165, 1.54) is 35.0 Å². The van der Waals surface area contributed by atoms with E-state index in [2.05, 4.69) is 0 Å². The summed E-state index contributed by atoms with van der Waals surface area (Å²) in [7, 11) is 6.75. The number of aliphatic hydroxyl groups excluding tert-OH is 3. The highest BCUT2D eigenvalue weighted by Gasteiger charge is 2.53. The molecule has 3 rings (SSSR count). The van der Waals surface area contributed by atoms with Crippen LogP contribution >= 0.6 is 0 Å². The van der Waals surface area contributed by atoms with Gasteiger partial charge in [-0.2, -0.15) is 0 Å². The van der Waals surface area contributed by atoms with Gasteiger partial charge in [0.15, 0.2) is 12.6 Å². The van der Waals surface area contributed by atoms with Gasteiger partial charge in [0.2, 0.25) is 0 Å². The molecular weight excluding hydrogens is 666 g/mol. The summed E-state index contributed by atoms with van der Waals surface area (Å²) < 4.78 is 43.6. The van der Waals surface area contributed by atoms with Crippen molar-refractivity contribution in [2.45, 2.75) is 173 Å². The molecule has 0 spiro atoms. The first-order valence-electron chi connectivity index (χ1n) is 18.3. The Hall–Kier alpha value is -1.30. The van der Waals surface area contributed by atoms with Crippen LogP contribution in [0.25, 0.3) is 0 Å². The highest BCUT2D eigenvalue weighted by Crippen LogP contribution is 2.41. The van der Waals surface area contributed by atoms with E-state index in [4.69, 9.17) is 33.2 Å². The molecule has 18 atom stereocenters. The number of ketones is 1. The lowest BCUT2D eigenvalue weighted by molar-refractivity contribution is -0.319. The minimum absolute atomic E-state index is 0.109. The number of carbonyl (C=O) groups is 2. The van der Waals surface area contributed by atoms with Crippen LogP contribution in [0.5, 0.6) is 0 Å². The zero-order chi connectivity index (χ0) is 39.0. The van der Waals surface area contributed by atoms with Crippen molar-refractivity contribution >= 4 is 11.8 Å². The Morgan fingerprint density at radius 1 is 0.804 bits per heavy atom. The predicted molar refractivity (Wildman–Crippen MR) is 186 cm³/mol. The van der Waals surface area contributed by atoms with E-state index in [9.17, 15) is 30.0 Å². The molecule has 0 radical (unpaired) electrons. The Balaban J connectivity index is 2.20. The Kier molecular flexibility index (Phi) is 14.7. The van der Waals surface area contributed by atoms with Crippen molar-refractivity contribution in [3.63, 3.8) is 0 Å². The first-order chi connectivity index (χ1) is 23.4. The molecule has 298 valence electrons. The van der Waals surface area contributed by atoms with Gasteiger partial charge >= 0.3 is 5.97 Å². The van der Waals surface area contributed by atoms with E-state index in [1.54, 1.807) is 34.6 Å². The molecule has 4 unspecified atom stereocenters. The Morgan fingerprint density at radius 3 is 1.94 bits per heavy atom. The largest absolute Gasteiger partial charge is 0.459 e. The van der Waals surface area contributed by atoms with Crippen LogP contribution in [0.3, 0.4) is 0 Å². The first-order valence-corrected chi connectivity index (χ1v) is 18.3. The molecule has 3 heterocycles. The van der Waals surface area contributed by atoms with E-state index in [1.807, 2.05) is 32.8 Å². The second kappa shape index (κ2) is 17.0. The number of rotatable bonds is 7. The molecule has 3 aliphatic heterocycles. The van der Waals surface area contributed by atoms with Crippen molar-refractivity contribution < 1.29 is 63.2 Å². The quantitative estimate of drug-likeness (QED) is 0.279. The SMILES string of the molecule is COC1(C)C[C@@H](O[C@H]2[C@H](C)[C@@H](O[C@@H]3O[C@H](C)CC(N(C)C)C3O)[C@](C)(OC)C[C@@H](C)C(=O)[C@H](C)[C@@H](O)[C@](C)(O)[C@@H](C)OC(=O)[C@@H]2C)O[C@H](C)C1O. The molecule has 0 amide bonds.